The number of anilines is 1. The zero-order chi connectivity index (χ0) is 14.4. The molecule has 6 heteroatoms. The summed E-state index contributed by atoms with van der Waals surface area (Å²) >= 11 is 1.20. The molecular formula is C13H20N2O3S. The van der Waals surface area contributed by atoms with Crippen LogP contribution >= 0.6 is 11.3 Å². The number of carbonyl (C=O) groups is 2. The van der Waals surface area contributed by atoms with Crippen molar-refractivity contribution < 1.29 is 14.7 Å². The standard InChI is InChI=1S/C13H20N2O3S/c1-4-9(5-2)8(3)14-13(18)15-11-10(12(16)17)6-7-19-11/h6-9H,4-5H2,1-3H3,(H,16,17)(H2,14,15,18). The number of aromatic carboxylic acids is 1. The van der Waals surface area contributed by atoms with Crippen LogP contribution < -0.4 is 10.6 Å². The van der Waals surface area contributed by atoms with E-state index in [4.69, 9.17) is 5.11 Å². The summed E-state index contributed by atoms with van der Waals surface area (Å²) in [5.74, 6) is -0.613. The largest absolute Gasteiger partial charge is 0.478 e. The molecule has 0 aliphatic carbocycles. The van der Waals surface area contributed by atoms with Crippen LogP contribution in [0.15, 0.2) is 11.4 Å². The molecule has 0 radical (unpaired) electrons. The first-order valence-corrected chi connectivity index (χ1v) is 7.25. The van der Waals surface area contributed by atoms with Crippen molar-refractivity contribution in [2.75, 3.05) is 5.32 Å². The number of rotatable bonds is 6. The molecule has 0 aliphatic rings. The lowest BCUT2D eigenvalue weighted by Gasteiger charge is -2.22. The number of carboxylic acid groups (broad SMARTS) is 1. The average molecular weight is 284 g/mol. The highest BCUT2D eigenvalue weighted by molar-refractivity contribution is 7.14. The Labute approximate surface area is 117 Å². The van der Waals surface area contributed by atoms with Crippen LogP contribution in [0.25, 0.3) is 0 Å². The fraction of sp³-hybridized carbons (Fsp3) is 0.538. The molecule has 1 heterocycles. The van der Waals surface area contributed by atoms with Gasteiger partial charge in [0.05, 0.1) is 5.56 Å². The first-order chi connectivity index (χ1) is 8.99. The van der Waals surface area contributed by atoms with E-state index in [0.29, 0.717) is 10.9 Å². The van der Waals surface area contributed by atoms with Crippen LogP contribution in [-0.2, 0) is 0 Å². The summed E-state index contributed by atoms with van der Waals surface area (Å²) in [6.07, 6.45) is 1.99. The Bertz CT molecular complexity index is 441. The molecule has 5 nitrogen and oxygen atoms in total. The summed E-state index contributed by atoms with van der Waals surface area (Å²) < 4.78 is 0. The Morgan fingerprint density at radius 3 is 2.53 bits per heavy atom. The number of hydrogen-bond acceptors (Lipinski definition) is 3. The van der Waals surface area contributed by atoms with Crippen molar-refractivity contribution in [1.82, 2.24) is 5.32 Å². The number of urea groups is 1. The lowest BCUT2D eigenvalue weighted by Crippen LogP contribution is -2.40. The normalized spacial score (nSPS) is 12.2. The minimum atomic E-state index is -1.04. The van der Waals surface area contributed by atoms with E-state index >= 15 is 0 Å². The fourth-order valence-corrected chi connectivity index (χ4v) is 2.81. The van der Waals surface area contributed by atoms with Crippen molar-refractivity contribution in [1.29, 1.82) is 0 Å². The highest BCUT2D eigenvalue weighted by Gasteiger charge is 2.18. The summed E-state index contributed by atoms with van der Waals surface area (Å²) in [5, 5.41) is 16.4. The summed E-state index contributed by atoms with van der Waals surface area (Å²) in [7, 11) is 0. The second-order valence-electron chi connectivity index (χ2n) is 4.43. The van der Waals surface area contributed by atoms with Crippen molar-refractivity contribution in [3.8, 4) is 0 Å². The predicted molar refractivity (Wildman–Crippen MR) is 77.0 cm³/mol. The Balaban J connectivity index is 2.60. The topological polar surface area (TPSA) is 78.4 Å². The SMILES string of the molecule is CCC(CC)C(C)NC(=O)Nc1sccc1C(=O)O. The average Bonchev–Trinajstić information content (AvgIpc) is 2.78. The molecule has 0 fully saturated rings. The van der Waals surface area contributed by atoms with Crippen LogP contribution in [0.3, 0.4) is 0 Å². The molecule has 0 saturated heterocycles. The Morgan fingerprint density at radius 1 is 1.37 bits per heavy atom. The molecule has 106 valence electrons. The van der Waals surface area contributed by atoms with Gasteiger partial charge in [-0.05, 0) is 24.3 Å². The second-order valence-corrected chi connectivity index (χ2v) is 5.35. The molecule has 1 atom stereocenters. The third-order valence-corrected chi connectivity index (χ3v) is 4.07. The van der Waals surface area contributed by atoms with Gasteiger partial charge < -0.3 is 10.4 Å². The van der Waals surface area contributed by atoms with E-state index in [2.05, 4.69) is 24.5 Å². The monoisotopic (exact) mass is 284 g/mol. The summed E-state index contributed by atoms with van der Waals surface area (Å²) in [4.78, 5) is 22.7. The van der Waals surface area contributed by atoms with Gasteiger partial charge in [0.15, 0.2) is 0 Å². The molecule has 1 rings (SSSR count). The van der Waals surface area contributed by atoms with Crippen LogP contribution in [-0.4, -0.2) is 23.1 Å². The Morgan fingerprint density at radius 2 is 2.00 bits per heavy atom. The van der Waals surface area contributed by atoms with Crippen LogP contribution in [0, 0.1) is 5.92 Å². The number of thiophene rings is 1. The highest BCUT2D eigenvalue weighted by Crippen LogP contribution is 2.23. The molecule has 0 spiro atoms. The number of hydrogen-bond donors (Lipinski definition) is 3. The molecule has 1 unspecified atom stereocenters. The lowest BCUT2D eigenvalue weighted by atomic mass is 9.96. The van der Waals surface area contributed by atoms with Gasteiger partial charge in [0.1, 0.15) is 5.00 Å². The van der Waals surface area contributed by atoms with E-state index in [0.717, 1.165) is 12.8 Å². The molecule has 0 saturated carbocycles. The zero-order valence-electron chi connectivity index (χ0n) is 11.4. The van der Waals surface area contributed by atoms with Gasteiger partial charge in [-0.3, -0.25) is 5.32 Å². The van der Waals surface area contributed by atoms with Gasteiger partial charge in [0.2, 0.25) is 0 Å². The highest BCUT2D eigenvalue weighted by atomic mass is 32.1. The van der Waals surface area contributed by atoms with Crippen LogP contribution in [0.1, 0.15) is 44.0 Å². The first kappa shape index (κ1) is 15.5. The molecule has 0 aromatic carbocycles. The molecule has 0 aliphatic heterocycles. The number of carbonyl (C=O) groups excluding carboxylic acids is 1. The van der Waals surface area contributed by atoms with Crippen LogP contribution in [0.4, 0.5) is 9.80 Å². The molecule has 1 aromatic rings. The molecule has 3 N–H and O–H groups in total. The van der Waals surface area contributed by atoms with Gasteiger partial charge in [-0.25, -0.2) is 9.59 Å². The summed E-state index contributed by atoms with van der Waals surface area (Å²) in [6.45, 7) is 6.14. The van der Waals surface area contributed by atoms with Crippen molar-refractivity contribution in [2.24, 2.45) is 5.92 Å². The van der Waals surface area contributed by atoms with Crippen LogP contribution in [0.2, 0.25) is 0 Å². The molecular weight excluding hydrogens is 264 g/mol. The quantitative estimate of drug-likeness (QED) is 0.749. The van der Waals surface area contributed by atoms with E-state index in [1.165, 1.54) is 17.4 Å². The van der Waals surface area contributed by atoms with Gasteiger partial charge in [0.25, 0.3) is 0 Å². The fourth-order valence-electron chi connectivity index (χ4n) is 2.03. The van der Waals surface area contributed by atoms with E-state index in [1.807, 2.05) is 6.92 Å². The van der Waals surface area contributed by atoms with Crippen molar-refractivity contribution >= 4 is 28.3 Å². The van der Waals surface area contributed by atoms with Gasteiger partial charge in [-0.2, -0.15) is 0 Å². The van der Waals surface area contributed by atoms with E-state index in [1.54, 1.807) is 5.38 Å². The molecule has 0 bridgehead atoms. The number of nitrogens with one attached hydrogen (secondary N) is 2. The van der Waals surface area contributed by atoms with Gasteiger partial charge in [-0.15, -0.1) is 11.3 Å². The maximum absolute atomic E-state index is 11.8. The van der Waals surface area contributed by atoms with Gasteiger partial charge >= 0.3 is 12.0 Å². The summed E-state index contributed by atoms with van der Waals surface area (Å²) in [6, 6.07) is 1.18. The van der Waals surface area contributed by atoms with E-state index in [-0.39, 0.29) is 17.6 Å². The first-order valence-electron chi connectivity index (χ1n) is 6.37. The third kappa shape index (κ3) is 4.24. The van der Waals surface area contributed by atoms with E-state index in [9.17, 15) is 9.59 Å². The minimum Gasteiger partial charge on any atom is -0.478 e. The van der Waals surface area contributed by atoms with Crippen molar-refractivity contribution in [2.45, 2.75) is 39.7 Å². The van der Waals surface area contributed by atoms with Crippen molar-refractivity contribution in [3.63, 3.8) is 0 Å². The Kier molecular flexibility index (Phi) is 5.82. The van der Waals surface area contributed by atoms with Gasteiger partial charge in [-0.1, -0.05) is 26.7 Å². The van der Waals surface area contributed by atoms with E-state index < -0.39 is 5.97 Å². The van der Waals surface area contributed by atoms with Crippen molar-refractivity contribution in [3.05, 3.63) is 17.0 Å². The van der Waals surface area contributed by atoms with Crippen LogP contribution in [0.5, 0.6) is 0 Å². The third-order valence-electron chi connectivity index (χ3n) is 3.24. The van der Waals surface area contributed by atoms with Gasteiger partial charge in [0, 0.05) is 6.04 Å². The zero-order valence-corrected chi connectivity index (χ0v) is 12.2. The minimum absolute atomic E-state index is 0.0586. The molecule has 1 aromatic heterocycles. The predicted octanol–water partition coefficient (Wildman–Crippen LogP) is 3.39. The Hall–Kier alpha value is -1.56. The molecule has 2 amide bonds. The second kappa shape index (κ2) is 7.13. The smallest absolute Gasteiger partial charge is 0.338 e. The molecule has 19 heavy (non-hydrogen) atoms. The number of amides is 2. The lowest BCUT2D eigenvalue weighted by molar-refractivity contribution is 0.0698. The maximum atomic E-state index is 11.8. The number of carboxylic acids is 1. The maximum Gasteiger partial charge on any atom is 0.338 e. The summed E-state index contributed by atoms with van der Waals surface area (Å²) in [5.41, 5.74) is 0.121.